The molecule has 0 aliphatic carbocycles. The summed E-state index contributed by atoms with van der Waals surface area (Å²) in [7, 11) is 3.97. The monoisotopic (exact) mass is 151 g/mol. The lowest BCUT2D eigenvalue weighted by Crippen LogP contribution is -2.11. The molecule has 3 heteroatoms. The highest BCUT2D eigenvalue weighted by Gasteiger charge is 2.00. The van der Waals surface area contributed by atoms with Crippen LogP contribution in [0.15, 0.2) is 6.20 Å². The van der Waals surface area contributed by atoms with Crippen molar-refractivity contribution in [2.24, 2.45) is 0 Å². The molecule has 0 aromatic carbocycles. The standard InChI is InChI=1S/C8H13N3/c1-6-8(11(3)4)5-9-7(2)10-6/h5H,1-4H3. The number of anilines is 1. The van der Waals surface area contributed by atoms with E-state index in [9.17, 15) is 0 Å². The van der Waals surface area contributed by atoms with Crippen molar-refractivity contribution in [1.29, 1.82) is 0 Å². The molecule has 0 saturated carbocycles. The second-order valence-corrected chi connectivity index (χ2v) is 2.78. The van der Waals surface area contributed by atoms with Crippen molar-refractivity contribution >= 4 is 5.69 Å². The van der Waals surface area contributed by atoms with Crippen molar-refractivity contribution in [2.75, 3.05) is 19.0 Å². The van der Waals surface area contributed by atoms with Gasteiger partial charge in [0.25, 0.3) is 0 Å². The Labute approximate surface area is 67.1 Å². The van der Waals surface area contributed by atoms with Crippen molar-refractivity contribution in [3.63, 3.8) is 0 Å². The Balaban J connectivity index is 3.09. The summed E-state index contributed by atoms with van der Waals surface area (Å²) in [4.78, 5) is 10.4. The van der Waals surface area contributed by atoms with Gasteiger partial charge >= 0.3 is 0 Å². The quantitative estimate of drug-likeness (QED) is 0.603. The van der Waals surface area contributed by atoms with Crippen LogP contribution in [0.25, 0.3) is 0 Å². The summed E-state index contributed by atoms with van der Waals surface area (Å²) in [5.74, 6) is 0.827. The van der Waals surface area contributed by atoms with Gasteiger partial charge in [-0.3, -0.25) is 0 Å². The molecule has 0 radical (unpaired) electrons. The number of hydrogen-bond acceptors (Lipinski definition) is 3. The molecule has 1 rings (SSSR count). The van der Waals surface area contributed by atoms with Gasteiger partial charge in [-0.25, -0.2) is 9.97 Å². The molecule has 0 unspecified atom stereocenters. The molecular formula is C8H13N3. The van der Waals surface area contributed by atoms with Crippen LogP contribution < -0.4 is 4.90 Å². The van der Waals surface area contributed by atoms with E-state index in [2.05, 4.69) is 9.97 Å². The largest absolute Gasteiger partial charge is 0.375 e. The van der Waals surface area contributed by atoms with Crippen LogP contribution >= 0.6 is 0 Å². The molecule has 0 bridgehead atoms. The van der Waals surface area contributed by atoms with E-state index in [4.69, 9.17) is 0 Å². The molecule has 3 nitrogen and oxygen atoms in total. The van der Waals surface area contributed by atoms with Crippen molar-refractivity contribution < 1.29 is 0 Å². The van der Waals surface area contributed by atoms with Crippen LogP contribution in [0.2, 0.25) is 0 Å². The van der Waals surface area contributed by atoms with Gasteiger partial charge in [0.2, 0.25) is 0 Å². The molecule has 60 valence electrons. The van der Waals surface area contributed by atoms with Crippen molar-refractivity contribution in [3.8, 4) is 0 Å². The Morgan fingerprint density at radius 1 is 1.27 bits per heavy atom. The summed E-state index contributed by atoms with van der Waals surface area (Å²) >= 11 is 0. The molecule has 0 saturated heterocycles. The number of aromatic nitrogens is 2. The zero-order valence-electron chi connectivity index (χ0n) is 7.42. The van der Waals surface area contributed by atoms with Gasteiger partial charge in [0, 0.05) is 14.1 Å². The van der Waals surface area contributed by atoms with E-state index in [0.717, 1.165) is 17.2 Å². The summed E-state index contributed by atoms with van der Waals surface area (Å²) in [6.45, 7) is 3.89. The van der Waals surface area contributed by atoms with Crippen molar-refractivity contribution in [3.05, 3.63) is 17.7 Å². The number of aryl methyl sites for hydroxylation is 2. The Kier molecular flexibility index (Phi) is 2.08. The average molecular weight is 151 g/mol. The Morgan fingerprint density at radius 3 is 2.36 bits per heavy atom. The van der Waals surface area contributed by atoms with E-state index < -0.39 is 0 Å². The maximum atomic E-state index is 4.24. The van der Waals surface area contributed by atoms with E-state index in [1.54, 1.807) is 0 Å². The zero-order chi connectivity index (χ0) is 8.43. The highest BCUT2D eigenvalue weighted by Crippen LogP contribution is 2.12. The van der Waals surface area contributed by atoms with E-state index in [1.165, 1.54) is 0 Å². The lowest BCUT2D eigenvalue weighted by Gasteiger charge is -2.13. The molecule has 0 aliphatic rings. The van der Waals surface area contributed by atoms with Gasteiger partial charge in [0.1, 0.15) is 5.82 Å². The van der Waals surface area contributed by atoms with Crippen LogP contribution in [-0.4, -0.2) is 24.1 Å². The summed E-state index contributed by atoms with van der Waals surface area (Å²) in [5, 5.41) is 0. The first-order valence-electron chi connectivity index (χ1n) is 3.59. The fraction of sp³-hybridized carbons (Fsp3) is 0.500. The topological polar surface area (TPSA) is 29.0 Å². The molecule has 1 aromatic heterocycles. The lowest BCUT2D eigenvalue weighted by molar-refractivity contribution is 0.975. The zero-order valence-corrected chi connectivity index (χ0v) is 7.42. The molecule has 0 fully saturated rings. The normalized spacial score (nSPS) is 9.82. The SMILES string of the molecule is Cc1ncc(N(C)C)c(C)n1. The van der Waals surface area contributed by atoms with Gasteiger partial charge < -0.3 is 4.90 Å². The van der Waals surface area contributed by atoms with E-state index >= 15 is 0 Å². The van der Waals surface area contributed by atoms with E-state index in [1.807, 2.05) is 39.0 Å². The highest BCUT2D eigenvalue weighted by molar-refractivity contribution is 5.46. The molecule has 0 spiro atoms. The van der Waals surface area contributed by atoms with Gasteiger partial charge in [-0.15, -0.1) is 0 Å². The first-order chi connectivity index (χ1) is 5.11. The minimum Gasteiger partial charge on any atom is -0.375 e. The predicted octanol–water partition coefficient (Wildman–Crippen LogP) is 1.16. The minimum absolute atomic E-state index is 0.827. The maximum Gasteiger partial charge on any atom is 0.125 e. The third-order valence-electron chi connectivity index (χ3n) is 1.56. The fourth-order valence-corrected chi connectivity index (χ4v) is 1.02. The number of hydrogen-bond donors (Lipinski definition) is 0. The molecule has 1 heterocycles. The molecular weight excluding hydrogens is 138 g/mol. The van der Waals surface area contributed by atoms with Crippen molar-refractivity contribution in [1.82, 2.24) is 9.97 Å². The summed E-state index contributed by atoms with van der Waals surface area (Å²) in [6.07, 6.45) is 1.84. The smallest absolute Gasteiger partial charge is 0.125 e. The number of rotatable bonds is 1. The van der Waals surface area contributed by atoms with Gasteiger partial charge in [-0.2, -0.15) is 0 Å². The maximum absolute atomic E-state index is 4.24. The summed E-state index contributed by atoms with van der Waals surface area (Å²) < 4.78 is 0. The van der Waals surface area contributed by atoms with Crippen LogP contribution in [0.3, 0.4) is 0 Å². The molecule has 1 aromatic rings. The van der Waals surface area contributed by atoms with E-state index in [-0.39, 0.29) is 0 Å². The van der Waals surface area contributed by atoms with Crippen LogP contribution in [-0.2, 0) is 0 Å². The van der Waals surface area contributed by atoms with Gasteiger partial charge in [-0.05, 0) is 13.8 Å². The predicted molar refractivity (Wildman–Crippen MR) is 45.8 cm³/mol. The van der Waals surface area contributed by atoms with Crippen LogP contribution in [0.1, 0.15) is 11.5 Å². The molecule has 11 heavy (non-hydrogen) atoms. The third kappa shape index (κ3) is 1.67. The lowest BCUT2D eigenvalue weighted by atomic mass is 10.3. The Hall–Kier alpha value is -1.12. The molecule has 0 atom stereocenters. The fourth-order valence-electron chi connectivity index (χ4n) is 1.02. The van der Waals surface area contributed by atoms with Crippen LogP contribution in [0, 0.1) is 13.8 Å². The molecule has 0 amide bonds. The Morgan fingerprint density at radius 2 is 1.91 bits per heavy atom. The van der Waals surface area contributed by atoms with Gasteiger partial charge in [-0.1, -0.05) is 0 Å². The van der Waals surface area contributed by atoms with Gasteiger partial charge in [0.05, 0.1) is 17.6 Å². The third-order valence-corrected chi connectivity index (χ3v) is 1.56. The minimum atomic E-state index is 0.827. The van der Waals surface area contributed by atoms with E-state index in [0.29, 0.717) is 0 Å². The first-order valence-corrected chi connectivity index (χ1v) is 3.59. The van der Waals surface area contributed by atoms with Gasteiger partial charge in [0.15, 0.2) is 0 Å². The molecule has 0 aliphatic heterocycles. The first kappa shape index (κ1) is 7.98. The highest BCUT2D eigenvalue weighted by atomic mass is 15.1. The summed E-state index contributed by atoms with van der Waals surface area (Å²) in [5.41, 5.74) is 2.11. The second kappa shape index (κ2) is 2.86. The number of nitrogens with zero attached hydrogens (tertiary/aromatic N) is 3. The summed E-state index contributed by atoms with van der Waals surface area (Å²) in [6, 6.07) is 0. The van der Waals surface area contributed by atoms with Crippen LogP contribution in [0.4, 0.5) is 5.69 Å². The van der Waals surface area contributed by atoms with Crippen LogP contribution in [0.5, 0.6) is 0 Å². The second-order valence-electron chi connectivity index (χ2n) is 2.78. The van der Waals surface area contributed by atoms with Crippen molar-refractivity contribution in [2.45, 2.75) is 13.8 Å². The molecule has 0 N–H and O–H groups in total. The Bertz CT molecular complexity index is 256. The average Bonchev–Trinajstić information content (AvgIpc) is 1.85.